The molecule has 1 aromatic heterocycles. The average molecular weight is 603 g/mol. The summed E-state index contributed by atoms with van der Waals surface area (Å²) < 4.78 is 20.1. The van der Waals surface area contributed by atoms with Crippen LogP contribution in [0.4, 0.5) is 10.2 Å². The predicted octanol–water partition coefficient (Wildman–Crippen LogP) is 5.58. The lowest BCUT2D eigenvalue weighted by Gasteiger charge is -2.34. The van der Waals surface area contributed by atoms with E-state index >= 15 is 0 Å². The molecule has 0 bridgehead atoms. The molecule has 0 saturated carbocycles. The summed E-state index contributed by atoms with van der Waals surface area (Å²) in [5.41, 5.74) is 6.33. The molecule has 3 aromatic carbocycles. The number of benzene rings is 3. The van der Waals surface area contributed by atoms with E-state index in [2.05, 4.69) is 16.3 Å². The number of piperidine rings is 1. The highest BCUT2D eigenvalue weighted by Crippen LogP contribution is 2.39. The smallest absolute Gasteiger partial charge is 0.267 e. The number of hydrogen-bond donors (Lipinski definition) is 3. The highest BCUT2D eigenvalue weighted by Gasteiger charge is 2.26. The molecule has 0 aliphatic carbocycles. The molecular formula is C35H31FN6O3. The quantitative estimate of drug-likeness (QED) is 0.128. The lowest BCUT2D eigenvalue weighted by Crippen LogP contribution is -2.42. The Morgan fingerprint density at radius 3 is 2.40 bits per heavy atom. The van der Waals surface area contributed by atoms with Gasteiger partial charge in [-0.1, -0.05) is 42.5 Å². The van der Waals surface area contributed by atoms with E-state index in [1.165, 1.54) is 18.2 Å². The number of aromatic nitrogens is 1. The monoisotopic (exact) mass is 602 g/mol. The second kappa shape index (κ2) is 14.3. The zero-order valence-corrected chi connectivity index (χ0v) is 24.6. The Morgan fingerprint density at radius 1 is 1.07 bits per heavy atom. The SMILES string of the molecule is COc1ccc(-c2cnc(N3CCC(NCc4ccc(/C=C/C(=O)NO)cc4)CC3)c(C#N)c2-c2ccc(C#N)c(F)c2)cc1. The minimum Gasteiger partial charge on any atom is -0.497 e. The number of carbonyl (C=O) groups excluding carboxylic acids is 1. The van der Waals surface area contributed by atoms with Gasteiger partial charge < -0.3 is 15.0 Å². The van der Waals surface area contributed by atoms with E-state index in [-0.39, 0.29) is 11.6 Å². The third-order valence-corrected chi connectivity index (χ3v) is 7.86. The number of methoxy groups -OCH3 is 1. The van der Waals surface area contributed by atoms with E-state index in [9.17, 15) is 19.7 Å². The van der Waals surface area contributed by atoms with Crippen molar-refractivity contribution >= 4 is 17.8 Å². The van der Waals surface area contributed by atoms with Crippen LogP contribution >= 0.6 is 0 Å². The molecule has 3 N–H and O–H groups in total. The molecular weight excluding hydrogens is 571 g/mol. The molecule has 0 atom stereocenters. The first kappa shape index (κ1) is 30.9. The van der Waals surface area contributed by atoms with Crippen molar-refractivity contribution in [2.24, 2.45) is 0 Å². The van der Waals surface area contributed by atoms with Crippen LogP contribution in [0.5, 0.6) is 5.75 Å². The number of rotatable bonds is 9. The van der Waals surface area contributed by atoms with Crippen LogP contribution in [-0.2, 0) is 11.3 Å². The fourth-order valence-electron chi connectivity index (χ4n) is 5.41. The summed E-state index contributed by atoms with van der Waals surface area (Å²) in [6.45, 7) is 2.04. The van der Waals surface area contributed by atoms with Crippen molar-refractivity contribution in [3.8, 4) is 40.1 Å². The van der Waals surface area contributed by atoms with Crippen molar-refractivity contribution in [3.63, 3.8) is 0 Å². The molecule has 0 spiro atoms. The van der Waals surface area contributed by atoms with Gasteiger partial charge in [-0.05, 0) is 65.4 Å². The molecule has 5 rings (SSSR count). The first-order valence-electron chi connectivity index (χ1n) is 14.4. The number of hydroxylamine groups is 1. The summed E-state index contributed by atoms with van der Waals surface area (Å²) in [5.74, 6) is -0.00147. The fourth-order valence-corrected chi connectivity index (χ4v) is 5.41. The van der Waals surface area contributed by atoms with Crippen molar-refractivity contribution < 1.29 is 19.1 Å². The summed E-state index contributed by atoms with van der Waals surface area (Å²) in [5, 5.41) is 31.9. The lowest BCUT2D eigenvalue weighted by molar-refractivity contribution is -0.124. The number of amides is 1. The first-order chi connectivity index (χ1) is 21.9. The standard InChI is InChI=1S/C35H31FN6O3/c1-45-29-11-9-25(10-12-29)31-22-40-35(30(20-38)34(31)26-7-8-27(19-37)32(36)18-26)42-16-14-28(15-17-42)39-21-24-4-2-23(3-5-24)6-13-33(43)41-44/h2-13,18,22,28,39,44H,14-17,21H2,1H3,(H,41,43)/b13-6+. The Balaban J connectivity index is 1.34. The zero-order valence-electron chi connectivity index (χ0n) is 24.6. The molecule has 1 aliphatic rings. The van der Waals surface area contributed by atoms with Crippen LogP contribution in [0.15, 0.2) is 79.0 Å². The van der Waals surface area contributed by atoms with Gasteiger partial charge in [-0.15, -0.1) is 0 Å². The average Bonchev–Trinajstić information content (AvgIpc) is 3.09. The van der Waals surface area contributed by atoms with Gasteiger partial charge in [0.15, 0.2) is 0 Å². The van der Waals surface area contributed by atoms with E-state index in [0.717, 1.165) is 29.5 Å². The molecule has 0 radical (unpaired) electrons. The van der Waals surface area contributed by atoms with Crippen molar-refractivity contribution in [1.29, 1.82) is 10.5 Å². The second-order valence-corrected chi connectivity index (χ2v) is 10.6. The Bertz CT molecular complexity index is 1780. The topological polar surface area (TPSA) is 134 Å². The van der Waals surface area contributed by atoms with E-state index < -0.39 is 11.7 Å². The second-order valence-electron chi connectivity index (χ2n) is 10.6. The van der Waals surface area contributed by atoms with Crippen LogP contribution in [-0.4, -0.2) is 42.3 Å². The van der Waals surface area contributed by atoms with Gasteiger partial charge in [-0.25, -0.2) is 14.9 Å². The molecule has 10 heteroatoms. The number of ether oxygens (including phenoxy) is 1. The van der Waals surface area contributed by atoms with Crippen molar-refractivity contribution in [3.05, 3.63) is 107 Å². The number of nitriles is 2. The van der Waals surface area contributed by atoms with Gasteiger partial charge in [0.2, 0.25) is 0 Å². The summed E-state index contributed by atoms with van der Waals surface area (Å²) in [6, 6.07) is 24.0. The molecule has 4 aromatic rings. The van der Waals surface area contributed by atoms with Crippen molar-refractivity contribution in [2.45, 2.75) is 25.4 Å². The van der Waals surface area contributed by atoms with Crippen LogP contribution in [0.25, 0.3) is 28.3 Å². The Hall–Kier alpha value is -5.55. The van der Waals surface area contributed by atoms with Gasteiger partial charge in [0, 0.05) is 49.1 Å². The minimum absolute atomic E-state index is 0.0630. The Morgan fingerprint density at radius 2 is 1.78 bits per heavy atom. The highest BCUT2D eigenvalue weighted by molar-refractivity contribution is 5.91. The number of anilines is 1. The molecule has 1 saturated heterocycles. The molecule has 1 fully saturated rings. The number of hydrogen-bond acceptors (Lipinski definition) is 8. The van der Waals surface area contributed by atoms with Gasteiger partial charge in [0.05, 0.1) is 12.7 Å². The van der Waals surface area contributed by atoms with E-state index in [4.69, 9.17) is 14.9 Å². The number of nitrogens with one attached hydrogen (secondary N) is 2. The minimum atomic E-state index is -0.648. The van der Waals surface area contributed by atoms with E-state index in [0.29, 0.717) is 53.5 Å². The normalized spacial score (nSPS) is 13.3. The molecule has 0 unspecified atom stereocenters. The van der Waals surface area contributed by atoms with E-state index in [1.54, 1.807) is 30.9 Å². The Labute approximate surface area is 260 Å². The Kier molecular flexibility index (Phi) is 9.80. The number of nitrogens with zero attached hydrogens (tertiary/aromatic N) is 4. The summed E-state index contributed by atoms with van der Waals surface area (Å²) >= 11 is 0. The maximum absolute atomic E-state index is 14.8. The van der Waals surface area contributed by atoms with Gasteiger partial charge in [-0.3, -0.25) is 10.0 Å². The molecule has 9 nitrogen and oxygen atoms in total. The number of pyridine rings is 1. The molecule has 1 amide bonds. The summed E-state index contributed by atoms with van der Waals surface area (Å²) in [7, 11) is 1.59. The van der Waals surface area contributed by atoms with Crippen molar-refractivity contribution in [1.82, 2.24) is 15.8 Å². The van der Waals surface area contributed by atoms with Crippen molar-refractivity contribution in [2.75, 3.05) is 25.1 Å². The summed E-state index contributed by atoms with van der Waals surface area (Å²) in [6.07, 6.45) is 6.28. The number of carbonyl (C=O) groups is 1. The zero-order chi connectivity index (χ0) is 31.8. The predicted molar refractivity (Wildman–Crippen MR) is 169 cm³/mol. The van der Waals surface area contributed by atoms with Gasteiger partial charge in [0.1, 0.15) is 35.1 Å². The molecule has 45 heavy (non-hydrogen) atoms. The van der Waals surface area contributed by atoms with Gasteiger partial charge in [-0.2, -0.15) is 10.5 Å². The van der Waals surface area contributed by atoms with Crippen LogP contribution in [0.3, 0.4) is 0 Å². The fraction of sp³-hybridized carbons (Fsp3) is 0.200. The van der Waals surface area contributed by atoms with Gasteiger partial charge >= 0.3 is 0 Å². The van der Waals surface area contributed by atoms with Crippen LogP contribution in [0.2, 0.25) is 0 Å². The highest BCUT2D eigenvalue weighted by atomic mass is 19.1. The molecule has 1 aliphatic heterocycles. The van der Waals surface area contributed by atoms with Crippen LogP contribution < -0.4 is 20.4 Å². The maximum atomic E-state index is 14.8. The third kappa shape index (κ3) is 7.16. The maximum Gasteiger partial charge on any atom is 0.267 e. The lowest BCUT2D eigenvalue weighted by atomic mass is 9.91. The molecule has 2 heterocycles. The van der Waals surface area contributed by atoms with E-state index in [1.807, 2.05) is 54.6 Å². The summed E-state index contributed by atoms with van der Waals surface area (Å²) in [4.78, 5) is 18.0. The largest absolute Gasteiger partial charge is 0.497 e. The number of halogens is 1. The van der Waals surface area contributed by atoms with Crippen LogP contribution in [0.1, 0.15) is 35.1 Å². The van der Waals surface area contributed by atoms with Crippen LogP contribution in [0, 0.1) is 28.5 Å². The molecule has 226 valence electrons. The first-order valence-corrected chi connectivity index (χ1v) is 14.4. The third-order valence-electron chi connectivity index (χ3n) is 7.86. The van der Waals surface area contributed by atoms with Gasteiger partial charge in [0.25, 0.3) is 5.91 Å².